The van der Waals surface area contributed by atoms with Gasteiger partial charge in [0, 0.05) is 12.6 Å². The number of nitrogens with one attached hydrogen (secondary N) is 2. The minimum atomic E-state index is 0.197. The van der Waals surface area contributed by atoms with Crippen LogP contribution >= 0.6 is 0 Å². The van der Waals surface area contributed by atoms with Crippen LogP contribution in [-0.4, -0.2) is 22.8 Å². The molecule has 0 spiro atoms. The second kappa shape index (κ2) is 6.27. The van der Waals surface area contributed by atoms with E-state index in [0.29, 0.717) is 0 Å². The molecule has 0 radical (unpaired) electrons. The monoisotopic (exact) mass is 259 g/mol. The van der Waals surface area contributed by atoms with Gasteiger partial charge in [-0.2, -0.15) is 5.10 Å². The van der Waals surface area contributed by atoms with E-state index >= 15 is 0 Å². The van der Waals surface area contributed by atoms with Crippen molar-refractivity contribution in [2.75, 3.05) is 11.9 Å². The molecule has 0 aliphatic carbocycles. The predicted molar refractivity (Wildman–Crippen MR) is 78.6 cm³/mol. The van der Waals surface area contributed by atoms with E-state index in [1.807, 2.05) is 44.2 Å². The van der Waals surface area contributed by atoms with Crippen LogP contribution in [0.25, 0.3) is 11.3 Å². The number of nitrogens with zero attached hydrogens (tertiary/aromatic N) is 1. The summed E-state index contributed by atoms with van der Waals surface area (Å²) in [4.78, 5) is 0. The first kappa shape index (κ1) is 13.5. The molecule has 1 heterocycles. The van der Waals surface area contributed by atoms with Crippen molar-refractivity contribution < 1.29 is 4.74 Å². The lowest BCUT2D eigenvalue weighted by atomic mass is 10.1. The third-order valence-corrected chi connectivity index (χ3v) is 2.67. The third kappa shape index (κ3) is 3.74. The smallest absolute Gasteiger partial charge is 0.148 e. The number of hydrogen-bond acceptors (Lipinski definition) is 3. The minimum Gasteiger partial charge on any atom is -0.491 e. The molecule has 19 heavy (non-hydrogen) atoms. The first-order valence-electron chi connectivity index (χ1n) is 6.75. The molecule has 4 nitrogen and oxygen atoms in total. The zero-order valence-electron chi connectivity index (χ0n) is 11.7. The average molecular weight is 259 g/mol. The van der Waals surface area contributed by atoms with Gasteiger partial charge in [0.15, 0.2) is 0 Å². The van der Waals surface area contributed by atoms with Crippen LogP contribution in [0.2, 0.25) is 0 Å². The van der Waals surface area contributed by atoms with Gasteiger partial charge >= 0.3 is 0 Å². The Morgan fingerprint density at radius 3 is 2.63 bits per heavy atom. The van der Waals surface area contributed by atoms with Crippen molar-refractivity contribution in [2.24, 2.45) is 0 Å². The molecule has 1 aromatic carbocycles. The summed E-state index contributed by atoms with van der Waals surface area (Å²) in [6.07, 6.45) is 1.28. The fourth-order valence-corrected chi connectivity index (χ4v) is 1.80. The van der Waals surface area contributed by atoms with Gasteiger partial charge in [0.1, 0.15) is 11.6 Å². The topological polar surface area (TPSA) is 49.9 Å². The molecule has 0 aliphatic rings. The quantitative estimate of drug-likeness (QED) is 0.832. The molecule has 102 valence electrons. The molecule has 2 rings (SSSR count). The summed E-state index contributed by atoms with van der Waals surface area (Å²) < 4.78 is 5.63. The van der Waals surface area contributed by atoms with Crippen LogP contribution in [0, 0.1) is 0 Å². The van der Waals surface area contributed by atoms with Crippen LogP contribution in [0.15, 0.2) is 30.3 Å². The van der Waals surface area contributed by atoms with Crippen molar-refractivity contribution in [2.45, 2.75) is 33.3 Å². The summed E-state index contributed by atoms with van der Waals surface area (Å²) in [6.45, 7) is 7.11. The Balaban J connectivity index is 2.07. The summed E-state index contributed by atoms with van der Waals surface area (Å²) in [7, 11) is 0. The Kier molecular flexibility index (Phi) is 4.44. The summed E-state index contributed by atoms with van der Waals surface area (Å²) in [5.41, 5.74) is 2.11. The van der Waals surface area contributed by atoms with Crippen molar-refractivity contribution in [1.82, 2.24) is 10.2 Å². The number of ether oxygens (including phenoxy) is 1. The van der Waals surface area contributed by atoms with E-state index in [1.165, 1.54) is 0 Å². The Morgan fingerprint density at radius 1 is 1.26 bits per heavy atom. The van der Waals surface area contributed by atoms with Gasteiger partial charge in [-0.1, -0.05) is 6.92 Å². The lowest BCUT2D eigenvalue weighted by Gasteiger charge is -2.09. The maximum Gasteiger partial charge on any atom is 0.148 e. The van der Waals surface area contributed by atoms with E-state index in [0.717, 1.165) is 35.8 Å². The number of aromatic nitrogens is 2. The zero-order chi connectivity index (χ0) is 13.7. The summed E-state index contributed by atoms with van der Waals surface area (Å²) in [5, 5.41) is 10.5. The second-order valence-corrected chi connectivity index (χ2v) is 4.78. The van der Waals surface area contributed by atoms with Crippen LogP contribution in [0.5, 0.6) is 5.75 Å². The fraction of sp³-hybridized carbons (Fsp3) is 0.400. The molecule has 2 aromatic rings. The zero-order valence-corrected chi connectivity index (χ0v) is 11.7. The Morgan fingerprint density at radius 2 is 2.00 bits per heavy atom. The number of hydrogen-bond donors (Lipinski definition) is 2. The van der Waals surface area contributed by atoms with Gasteiger partial charge in [-0.3, -0.25) is 5.10 Å². The second-order valence-electron chi connectivity index (χ2n) is 4.78. The predicted octanol–water partition coefficient (Wildman–Crippen LogP) is 3.69. The van der Waals surface area contributed by atoms with E-state index in [1.54, 1.807) is 0 Å². The van der Waals surface area contributed by atoms with E-state index in [2.05, 4.69) is 22.4 Å². The Hall–Kier alpha value is -1.97. The van der Waals surface area contributed by atoms with Gasteiger partial charge in [-0.25, -0.2) is 0 Å². The van der Waals surface area contributed by atoms with Gasteiger partial charge < -0.3 is 10.1 Å². The van der Waals surface area contributed by atoms with E-state index in [9.17, 15) is 0 Å². The molecule has 0 amide bonds. The highest BCUT2D eigenvalue weighted by Crippen LogP contribution is 2.23. The highest BCUT2D eigenvalue weighted by Gasteiger charge is 2.04. The highest BCUT2D eigenvalue weighted by molar-refractivity contribution is 5.63. The molecule has 0 aliphatic heterocycles. The summed E-state index contributed by atoms with van der Waals surface area (Å²) in [6, 6.07) is 10.1. The van der Waals surface area contributed by atoms with E-state index in [4.69, 9.17) is 4.74 Å². The van der Waals surface area contributed by atoms with E-state index in [-0.39, 0.29) is 6.10 Å². The van der Waals surface area contributed by atoms with Crippen LogP contribution in [0.1, 0.15) is 27.2 Å². The molecule has 1 aromatic heterocycles. The average Bonchev–Trinajstić information content (AvgIpc) is 2.85. The molecule has 0 fully saturated rings. The third-order valence-electron chi connectivity index (χ3n) is 2.67. The first-order valence-corrected chi connectivity index (χ1v) is 6.75. The Bertz CT molecular complexity index is 502. The van der Waals surface area contributed by atoms with E-state index < -0.39 is 0 Å². The van der Waals surface area contributed by atoms with Gasteiger partial charge in [-0.05, 0) is 50.1 Å². The molecular weight excluding hydrogens is 238 g/mol. The van der Waals surface area contributed by atoms with Crippen molar-refractivity contribution in [3.63, 3.8) is 0 Å². The summed E-state index contributed by atoms with van der Waals surface area (Å²) >= 11 is 0. The molecular formula is C15H21N3O. The fourth-order valence-electron chi connectivity index (χ4n) is 1.80. The van der Waals surface area contributed by atoms with Crippen molar-refractivity contribution >= 4 is 5.82 Å². The lowest BCUT2D eigenvalue weighted by molar-refractivity contribution is 0.242. The van der Waals surface area contributed by atoms with Gasteiger partial charge in [0.25, 0.3) is 0 Å². The van der Waals surface area contributed by atoms with Crippen LogP contribution in [-0.2, 0) is 0 Å². The molecule has 0 unspecified atom stereocenters. The van der Waals surface area contributed by atoms with Crippen LogP contribution in [0.4, 0.5) is 5.82 Å². The van der Waals surface area contributed by atoms with Crippen LogP contribution < -0.4 is 10.1 Å². The molecule has 0 atom stereocenters. The molecule has 0 bridgehead atoms. The number of H-pyrrole nitrogens is 1. The molecule has 0 saturated carbocycles. The van der Waals surface area contributed by atoms with Crippen molar-refractivity contribution in [1.29, 1.82) is 0 Å². The van der Waals surface area contributed by atoms with Crippen molar-refractivity contribution in [3.05, 3.63) is 30.3 Å². The van der Waals surface area contributed by atoms with Crippen molar-refractivity contribution in [3.8, 4) is 17.0 Å². The summed E-state index contributed by atoms with van der Waals surface area (Å²) in [5.74, 6) is 1.78. The molecule has 2 N–H and O–H groups in total. The number of rotatable bonds is 6. The number of anilines is 1. The molecule has 4 heteroatoms. The van der Waals surface area contributed by atoms with Crippen LogP contribution in [0.3, 0.4) is 0 Å². The number of benzene rings is 1. The SMILES string of the molecule is CCCNc1cc(-c2ccc(OC(C)C)cc2)[nH]n1. The number of aromatic amines is 1. The molecule has 0 saturated heterocycles. The largest absolute Gasteiger partial charge is 0.491 e. The lowest BCUT2D eigenvalue weighted by Crippen LogP contribution is -2.05. The standard InChI is InChI=1S/C15H21N3O/c1-4-9-16-15-10-14(17-18-15)12-5-7-13(8-6-12)19-11(2)3/h5-8,10-11H,4,9H2,1-3H3,(H2,16,17,18). The van der Waals surface area contributed by atoms with Gasteiger partial charge in [-0.15, -0.1) is 0 Å². The van der Waals surface area contributed by atoms with Gasteiger partial charge in [0.2, 0.25) is 0 Å². The maximum absolute atomic E-state index is 5.63. The first-order chi connectivity index (χ1) is 9.19. The highest BCUT2D eigenvalue weighted by atomic mass is 16.5. The minimum absolute atomic E-state index is 0.197. The Labute approximate surface area is 114 Å². The normalized spacial score (nSPS) is 10.7. The van der Waals surface area contributed by atoms with Gasteiger partial charge in [0.05, 0.1) is 11.8 Å². The maximum atomic E-state index is 5.63.